The summed E-state index contributed by atoms with van der Waals surface area (Å²) in [6, 6.07) is -2.71. The van der Waals surface area contributed by atoms with Crippen LogP contribution in [0.3, 0.4) is 0 Å². The van der Waals surface area contributed by atoms with Crippen LogP contribution in [0.5, 0.6) is 0 Å². The molecule has 0 aromatic carbocycles. The van der Waals surface area contributed by atoms with Crippen LogP contribution in [-0.2, 0) is 29.0 Å². The van der Waals surface area contributed by atoms with E-state index in [4.69, 9.17) is 6.42 Å². The standard InChI is InChI=1S/C33H51N5O7S/c1-8-9-13-22(27(40)29(42)36-23-16-20(23)2)35-28(41)26-25-21(32(25,6)7)18-38(26)24(39)17-34-30(43)37-33(14-11-10-12-15-33)19-46(44,45)31(3,4)5/h1,20-23,25-26H,9-19H2,2-7H3,(H,35,41)(H,36,42)(H2,34,37,43)/t20?,21-,22?,23?,25-,26-/m0/s1. The van der Waals surface area contributed by atoms with Gasteiger partial charge in [0.15, 0.2) is 9.84 Å². The number of rotatable bonds is 12. The minimum atomic E-state index is -3.53. The molecule has 3 saturated carbocycles. The van der Waals surface area contributed by atoms with E-state index in [1.54, 1.807) is 20.8 Å². The summed E-state index contributed by atoms with van der Waals surface area (Å²) < 4.78 is 25.2. The molecule has 4 aliphatic rings. The van der Waals surface area contributed by atoms with Gasteiger partial charge >= 0.3 is 6.03 Å². The number of hydrogen-bond donors (Lipinski definition) is 4. The molecule has 4 rings (SSSR count). The van der Waals surface area contributed by atoms with Crippen molar-refractivity contribution < 1.29 is 32.4 Å². The zero-order valence-corrected chi connectivity index (χ0v) is 28.8. The maximum absolute atomic E-state index is 13.7. The molecule has 256 valence electrons. The minimum Gasteiger partial charge on any atom is -0.346 e. The Bertz CT molecular complexity index is 1390. The van der Waals surface area contributed by atoms with Gasteiger partial charge in [-0.3, -0.25) is 19.2 Å². The quantitative estimate of drug-likeness (QED) is 0.182. The van der Waals surface area contributed by atoms with Crippen molar-refractivity contribution in [2.75, 3.05) is 18.8 Å². The second-order valence-corrected chi connectivity index (χ2v) is 18.2. The number of Topliss-reactive ketones (excluding diaryl/α,β-unsaturated/α-hetero) is 1. The fraction of sp³-hybridized carbons (Fsp3) is 0.788. The van der Waals surface area contributed by atoms with Crippen molar-refractivity contribution in [1.82, 2.24) is 26.2 Å². The molecule has 0 radical (unpaired) electrons. The molecule has 1 heterocycles. The van der Waals surface area contributed by atoms with E-state index in [1.807, 2.05) is 20.8 Å². The molecule has 4 N–H and O–H groups in total. The van der Waals surface area contributed by atoms with Crippen LogP contribution in [0.4, 0.5) is 4.79 Å². The summed E-state index contributed by atoms with van der Waals surface area (Å²) in [5, 5.41) is 10.9. The summed E-state index contributed by atoms with van der Waals surface area (Å²) in [4.78, 5) is 67.4. The van der Waals surface area contributed by atoms with E-state index in [-0.39, 0.29) is 48.4 Å². The third kappa shape index (κ3) is 7.69. The van der Waals surface area contributed by atoms with Gasteiger partial charge in [0.2, 0.25) is 17.6 Å². The van der Waals surface area contributed by atoms with Gasteiger partial charge in [0, 0.05) is 19.0 Å². The van der Waals surface area contributed by atoms with Crippen LogP contribution >= 0.6 is 0 Å². The minimum absolute atomic E-state index is 0.0583. The van der Waals surface area contributed by atoms with Crippen molar-refractivity contribution >= 4 is 39.4 Å². The Hall–Kier alpha value is -3.14. The van der Waals surface area contributed by atoms with Gasteiger partial charge in [0.25, 0.3) is 5.91 Å². The first-order valence-electron chi connectivity index (χ1n) is 16.5. The third-order valence-corrected chi connectivity index (χ3v) is 13.4. The zero-order chi connectivity index (χ0) is 34.2. The van der Waals surface area contributed by atoms with Crippen LogP contribution in [0.15, 0.2) is 0 Å². The number of sulfone groups is 1. The molecule has 0 aromatic rings. The molecule has 0 aromatic heterocycles. The number of piperidine rings is 1. The summed E-state index contributed by atoms with van der Waals surface area (Å²) in [5.74, 6) is -0.0603. The van der Waals surface area contributed by atoms with E-state index in [9.17, 15) is 32.4 Å². The van der Waals surface area contributed by atoms with Gasteiger partial charge in [-0.15, -0.1) is 12.3 Å². The lowest BCUT2D eigenvalue weighted by Crippen LogP contribution is -2.59. The lowest BCUT2D eigenvalue weighted by atomic mass is 9.83. The zero-order valence-electron chi connectivity index (χ0n) is 28.0. The van der Waals surface area contributed by atoms with E-state index in [0.717, 1.165) is 25.7 Å². The number of hydrogen-bond acceptors (Lipinski definition) is 7. The lowest BCUT2D eigenvalue weighted by molar-refractivity contribution is -0.143. The number of ketones is 1. The van der Waals surface area contributed by atoms with Gasteiger partial charge in [0.05, 0.1) is 28.6 Å². The first kappa shape index (κ1) is 35.7. The number of terminal acetylenes is 1. The number of likely N-dealkylation sites (tertiary alicyclic amines) is 1. The van der Waals surface area contributed by atoms with E-state index in [1.165, 1.54) is 4.90 Å². The molecule has 0 spiro atoms. The largest absolute Gasteiger partial charge is 0.346 e. The molecule has 3 aliphatic carbocycles. The number of urea groups is 1. The lowest BCUT2D eigenvalue weighted by Gasteiger charge is -2.39. The van der Waals surface area contributed by atoms with Crippen LogP contribution in [0.1, 0.15) is 92.9 Å². The highest BCUT2D eigenvalue weighted by Gasteiger charge is 2.69. The van der Waals surface area contributed by atoms with E-state index in [0.29, 0.717) is 25.3 Å². The maximum Gasteiger partial charge on any atom is 0.315 e. The Kier molecular flexibility index (Phi) is 10.2. The Labute approximate surface area is 273 Å². The van der Waals surface area contributed by atoms with Gasteiger partial charge in [0.1, 0.15) is 6.04 Å². The molecule has 6 atom stereocenters. The molecule has 0 bridgehead atoms. The number of amides is 5. The predicted molar refractivity (Wildman–Crippen MR) is 173 cm³/mol. The molecule has 3 unspecified atom stereocenters. The predicted octanol–water partition coefficient (Wildman–Crippen LogP) is 1.68. The number of nitrogens with zero attached hydrogens (tertiary/aromatic N) is 1. The Morgan fingerprint density at radius 3 is 2.26 bits per heavy atom. The Balaban J connectivity index is 1.41. The second-order valence-electron chi connectivity index (χ2n) is 15.4. The first-order chi connectivity index (χ1) is 21.3. The van der Waals surface area contributed by atoms with Gasteiger partial charge in [-0.25, -0.2) is 13.2 Å². The smallest absolute Gasteiger partial charge is 0.315 e. The van der Waals surface area contributed by atoms with Gasteiger partial charge < -0.3 is 26.2 Å². The van der Waals surface area contributed by atoms with Crippen molar-refractivity contribution in [3.8, 4) is 12.3 Å². The monoisotopic (exact) mass is 661 g/mol. The molecule has 46 heavy (non-hydrogen) atoms. The summed E-state index contributed by atoms with van der Waals surface area (Å²) >= 11 is 0. The average molecular weight is 662 g/mol. The first-order valence-corrected chi connectivity index (χ1v) is 18.1. The number of carbonyl (C=O) groups is 5. The van der Waals surface area contributed by atoms with Crippen LogP contribution in [0.25, 0.3) is 0 Å². The van der Waals surface area contributed by atoms with Crippen molar-refractivity contribution in [2.45, 2.75) is 121 Å². The summed E-state index contributed by atoms with van der Waals surface area (Å²) in [7, 11) is -3.53. The molecular formula is C33H51N5O7S. The Morgan fingerprint density at radius 2 is 1.70 bits per heavy atom. The highest BCUT2D eigenvalue weighted by molar-refractivity contribution is 7.92. The highest BCUT2D eigenvalue weighted by atomic mass is 32.2. The molecule has 1 aliphatic heterocycles. The summed E-state index contributed by atoms with van der Waals surface area (Å²) in [5.41, 5.74) is -1.13. The van der Waals surface area contributed by atoms with E-state index >= 15 is 0 Å². The maximum atomic E-state index is 13.7. The number of nitrogens with one attached hydrogen (secondary N) is 4. The van der Waals surface area contributed by atoms with Crippen molar-refractivity contribution in [3.05, 3.63) is 0 Å². The van der Waals surface area contributed by atoms with E-state index < -0.39 is 61.7 Å². The highest BCUT2D eigenvalue weighted by Crippen LogP contribution is 2.64. The van der Waals surface area contributed by atoms with Crippen molar-refractivity contribution in [3.63, 3.8) is 0 Å². The van der Waals surface area contributed by atoms with Gasteiger partial charge in [-0.05, 0) is 69.6 Å². The number of carbonyl (C=O) groups excluding carboxylic acids is 5. The van der Waals surface area contributed by atoms with Crippen molar-refractivity contribution in [1.29, 1.82) is 0 Å². The molecule has 1 saturated heterocycles. The Morgan fingerprint density at radius 1 is 1.07 bits per heavy atom. The molecular weight excluding hydrogens is 610 g/mol. The summed E-state index contributed by atoms with van der Waals surface area (Å²) in [6.45, 7) is 10.9. The van der Waals surface area contributed by atoms with Crippen LogP contribution in [0, 0.1) is 35.5 Å². The van der Waals surface area contributed by atoms with Gasteiger partial charge in [-0.1, -0.05) is 40.0 Å². The normalized spacial score (nSPS) is 28.1. The molecule has 13 heteroatoms. The second kappa shape index (κ2) is 13.2. The average Bonchev–Trinajstić information content (AvgIpc) is 3.70. The SMILES string of the molecule is C#CCCC(NC(=O)[C@@H]1[C@@H]2[C@H](CN1C(=O)CNC(=O)NC1(CS(=O)(=O)C(C)(C)C)CCCCC1)C2(C)C)C(=O)C(=O)NC1CC1C. The van der Waals surface area contributed by atoms with Gasteiger partial charge in [-0.2, -0.15) is 0 Å². The number of fused-ring (bicyclic) bond motifs is 1. The van der Waals surface area contributed by atoms with Crippen LogP contribution < -0.4 is 21.3 Å². The van der Waals surface area contributed by atoms with Crippen LogP contribution in [0.2, 0.25) is 0 Å². The summed E-state index contributed by atoms with van der Waals surface area (Å²) in [6.07, 6.45) is 10.0. The molecule has 12 nitrogen and oxygen atoms in total. The fourth-order valence-corrected chi connectivity index (χ4v) is 8.70. The third-order valence-electron chi connectivity index (χ3n) is 10.6. The topological polar surface area (TPSA) is 171 Å². The molecule has 4 fully saturated rings. The van der Waals surface area contributed by atoms with E-state index in [2.05, 4.69) is 27.2 Å². The van der Waals surface area contributed by atoms with Crippen molar-refractivity contribution in [2.24, 2.45) is 23.2 Å². The van der Waals surface area contributed by atoms with Crippen LogP contribution in [-0.4, -0.2) is 90.1 Å². The fourth-order valence-electron chi connectivity index (χ4n) is 7.17. The molecule has 5 amide bonds.